The summed E-state index contributed by atoms with van der Waals surface area (Å²) in [6.45, 7) is -0.252. The van der Waals surface area contributed by atoms with Crippen molar-refractivity contribution in [3.8, 4) is 0 Å². The van der Waals surface area contributed by atoms with Crippen molar-refractivity contribution in [3.63, 3.8) is 0 Å². The van der Waals surface area contributed by atoms with Crippen molar-refractivity contribution in [3.05, 3.63) is 36.5 Å². The van der Waals surface area contributed by atoms with Crippen LogP contribution in [0, 0.1) is 0 Å². The molecule has 0 aliphatic carbocycles. The van der Waals surface area contributed by atoms with Crippen molar-refractivity contribution >= 4 is 27.3 Å². The van der Waals surface area contributed by atoms with Crippen LogP contribution in [0.25, 0.3) is 0 Å². The molecule has 0 radical (unpaired) electrons. The second-order valence-corrected chi connectivity index (χ2v) is 5.83. The lowest BCUT2D eigenvalue weighted by molar-refractivity contribution is -0.115. The summed E-state index contributed by atoms with van der Waals surface area (Å²) in [6.07, 6.45) is 1.35. The van der Waals surface area contributed by atoms with Crippen LogP contribution >= 0.6 is 0 Å². The summed E-state index contributed by atoms with van der Waals surface area (Å²) in [7, 11) is -3.81. The number of nitrogens with zero attached hydrogens (tertiary/aromatic N) is 2. The van der Waals surface area contributed by atoms with Gasteiger partial charge in [-0.3, -0.25) is 14.2 Å². The molecule has 1 aliphatic heterocycles. The van der Waals surface area contributed by atoms with E-state index >= 15 is 0 Å². The van der Waals surface area contributed by atoms with E-state index in [2.05, 4.69) is 15.5 Å². The lowest BCUT2D eigenvalue weighted by atomic mass is 10.2. The Morgan fingerprint density at radius 3 is 2.74 bits per heavy atom. The number of carbonyl (C=O) groups excluding carboxylic acids is 1. The molecule has 1 aromatic carbocycles. The summed E-state index contributed by atoms with van der Waals surface area (Å²) in [5.41, 5.74) is 0.915. The Labute approximate surface area is 109 Å². The van der Waals surface area contributed by atoms with Gasteiger partial charge in [0.15, 0.2) is 5.03 Å². The summed E-state index contributed by atoms with van der Waals surface area (Å²) >= 11 is 0. The van der Waals surface area contributed by atoms with Crippen molar-refractivity contribution in [2.75, 3.05) is 16.2 Å². The highest BCUT2D eigenvalue weighted by molar-refractivity contribution is 7.92. The van der Waals surface area contributed by atoms with Gasteiger partial charge in [-0.2, -0.15) is 13.5 Å². The molecular weight excluding hydrogens is 268 g/mol. The molecule has 0 saturated heterocycles. The van der Waals surface area contributed by atoms with E-state index in [-0.39, 0.29) is 17.5 Å². The van der Waals surface area contributed by atoms with Gasteiger partial charge in [-0.15, -0.1) is 0 Å². The average molecular weight is 278 g/mol. The maximum Gasteiger partial charge on any atom is 0.281 e. The molecule has 3 rings (SSSR count). The van der Waals surface area contributed by atoms with Crippen molar-refractivity contribution in [1.82, 2.24) is 10.2 Å². The number of amides is 1. The highest BCUT2D eigenvalue weighted by atomic mass is 32.2. The van der Waals surface area contributed by atoms with Gasteiger partial charge in [-0.1, -0.05) is 12.1 Å². The van der Waals surface area contributed by atoms with Crippen molar-refractivity contribution in [2.45, 2.75) is 5.03 Å². The molecule has 1 aliphatic rings. The number of hydrogen-bond acceptors (Lipinski definition) is 4. The molecule has 0 unspecified atom stereocenters. The monoisotopic (exact) mass is 278 g/mol. The number of nitrogens with one attached hydrogen (secondary N) is 2. The van der Waals surface area contributed by atoms with E-state index in [1.54, 1.807) is 24.3 Å². The third-order valence-corrected chi connectivity index (χ3v) is 4.47. The van der Waals surface area contributed by atoms with E-state index in [9.17, 15) is 13.2 Å². The van der Waals surface area contributed by atoms with Crippen LogP contribution in [-0.4, -0.2) is 31.1 Å². The number of benzene rings is 1. The molecule has 2 N–H and O–H groups in total. The molecule has 19 heavy (non-hydrogen) atoms. The first-order chi connectivity index (χ1) is 9.09. The second-order valence-electron chi connectivity index (χ2n) is 4.00. The Balaban J connectivity index is 2.14. The van der Waals surface area contributed by atoms with Crippen LogP contribution in [-0.2, 0) is 14.8 Å². The molecule has 7 nitrogen and oxygen atoms in total. The number of H-pyrrole nitrogens is 1. The standard InChI is InChI=1S/C11H10N4O3S/c16-10-7-15(9-4-2-1-3-8(9)13-10)19(17,18)11-5-6-12-14-11/h1-6H,7H2,(H,12,14)(H,13,16). The Morgan fingerprint density at radius 2 is 2.00 bits per heavy atom. The maximum atomic E-state index is 12.4. The molecule has 1 amide bonds. The van der Waals surface area contributed by atoms with Crippen LogP contribution < -0.4 is 9.62 Å². The van der Waals surface area contributed by atoms with Crippen LogP contribution in [0.15, 0.2) is 41.6 Å². The first-order valence-electron chi connectivity index (χ1n) is 5.50. The number of aromatic nitrogens is 2. The second kappa shape index (κ2) is 4.09. The molecule has 0 fully saturated rings. The Hall–Kier alpha value is -2.35. The molecular formula is C11H10N4O3S. The molecule has 0 atom stereocenters. The van der Waals surface area contributed by atoms with Crippen LogP contribution in [0.3, 0.4) is 0 Å². The minimum absolute atomic E-state index is 0.0444. The van der Waals surface area contributed by atoms with E-state index < -0.39 is 10.0 Å². The van der Waals surface area contributed by atoms with Gasteiger partial charge in [0, 0.05) is 0 Å². The summed E-state index contributed by atoms with van der Waals surface area (Å²) < 4.78 is 25.9. The summed E-state index contributed by atoms with van der Waals surface area (Å²) in [6, 6.07) is 8.09. The van der Waals surface area contributed by atoms with Gasteiger partial charge in [0.1, 0.15) is 6.54 Å². The fourth-order valence-corrected chi connectivity index (χ4v) is 3.27. The quantitative estimate of drug-likeness (QED) is 0.839. The number of rotatable bonds is 2. The summed E-state index contributed by atoms with van der Waals surface area (Å²) in [5.74, 6) is -0.373. The fourth-order valence-electron chi connectivity index (χ4n) is 1.92. The van der Waals surface area contributed by atoms with Crippen LogP contribution in [0.1, 0.15) is 0 Å². The largest absolute Gasteiger partial charge is 0.323 e. The number of anilines is 2. The minimum Gasteiger partial charge on any atom is -0.323 e. The number of hydrogen-bond donors (Lipinski definition) is 2. The number of carbonyl (C=O) groups is 1. The predicted molar refractivity (Wildman–Crippen MR) is 68.2 cm³/mol. The lowest BCUT2D eigenvalue weighted by Gasteiger charge is -2.29. The van der Waals surface area contributed by atoms with E-state index in [1.165, 1.54) is 12.3 Å². The fraction of sp³-hybridized carbons (Fsp3) is 0.0909. The zero-order valence-corrected chi connectivity index (χ0v) is 10.5. The molecule has 0 saturated carbocycles. The van der Waals surface area contributed by atoms with E-state index in [0.717, 1.165) is 4.31 Å². The van der Waals surface area contributed by atoms with Crippen molar-refractivity contribution in [2.24, 2.45) is 0 Å². The molecule has 98 valence electrons. The van der Waals surface area contributed by atoms with Gasteiger partial charge in [0.25, 0.3) is 10.0 Å². The third kappa shape index (κ3) is 1.85. The molecule has 0 spiro atoms. The van der Waals surface area contributed by atoms with Gasteiger partial charge >= 0.3 is 0 Å². The normalized spacial score (nSPS) is 14.9. The van der Waals surface area contributed by atoms with Gasteiger partial charge in [0.05, 0.1) is 17.6 Å². The molecule has 1 aromatic heterocycles. The first kappa shape index (κ1) is 11.7. The van der Waals surface area contributed by atoms with Gasteiger partial charge in [-0.25, -0.2) is 0 Å². The van der Waals surface area contributed by atoms with E-state index in [1.807, 2.05) is 0 Å². The maximum absolute atomic E-state index is 12.4. The van der Waals surface area contributed by atoms with Crippen molar-refractivity contribution < 1.29 is 13.2 Å². The first-order valence-corrected chi connectivity index (χ1v) is 6.94. The highest BCUT2D eigenvalue weighted by Crippen LogP contribution is 2.32. The van der Waals surface area contributed by atoms with Crippen LogP contribution in [0.4, 0.5) is 11.4 Å². The van der Waals surface area contributed by atoms with Crippen LogP contribution in [0.5, 0.6) is 0 Å². The van der Waals surface area contributed by atoms with Crippen molar-refractivity contribution in [1.29, 1.82) is 0 Å². The third-order valence-electron chi connectivity index (χ3n) is 2.78. The topological polar surface area (TPSA) is 95.2 Å². The predicted octanol–water partition coefficient (Wildman–Crippen LogP) is 0.557. The smallest absolute Gasteiger partial charge is 0.281 e. The van der Waals surface area contributed by atoms with Gasteiger partial charge in [0.2, 0.25) is 5.91 Å². The Bertz CT molecular complexity index is 724. The molecule has 2 aromatic rings. The Kier molecular flexibility index (Phi) is 2.53. The Morgan fingerprint density at radius 1 is 1.21 bits per heavy atom. The van der Waals surface area contributed by atoms with Gasteiger partial charge in [-0.05, 0) is 18.2 Å². The summed E-state index contributed by atoms with van der Waals surface area (Å²) in [5, 5.41) is 8.63. The van der Waals surface area contributed by atoms with Crippen LogP contribution in [0.2, 0.25) is 0 Å². The zero-order valence-electron chi connectivity index (χ0n) is 9.70. The van der Waals surface area contributed by atoms with E-state index in [0.29, 0.717) is 11.4 Å². The van der Waals surface area contributed by atoms with Gasteiger partial charge < -0.3 is 5.32 Å². The van der Waals surface area contributed by atoms with E-state index in [4.69, 9.17) is 0 Å². The molecule has 2 heterocycles. The number of sulfonamides is 1. The molecule has 8 heteroatoms. The number of aromatic amines is 1. The number of para-hydroxylation sites is 2. The number of fused-ring (bicyclic) bond motifs is 1. The lowest BCUT2D eigenvalue weighted by Crippen LogP contribution is -2.42. The molecule has 0 bridgehead atoms. The highest BCUT2D eigenvalue weighted by Gasteiger charge is 2.32. The zero-order chi connectivity index (χ0) is 13.5. The SMILES string of the molecule is O=C1CN(S(=O)(=O)c2ccn[nH]2)c2ccccc2N1. The average Bonchev–Trinajstić information content (AvgIpc) is 2.92. The minimum atomic E-state index is -3.81. The summed E-state index contributed by atoms with van der Waals surface area (Å²) in [4.78, 5) is 11.6.